The zero-order chi connectivity index (χ0) is 19.8. The van der Waals surface area contributed by atoms with Crippen LogP contribution in [0.5, 0.6) is 0 Å². The van der Waals surface area contributed by atoms with Crippen molar-refractivity contribution in [1.82, 2.24) is 15.1 Å². The van der Waals surface area contributed by atoms with Crippen molar-refractivity contribution in [2.45, 2.75) is 57.0 Å². The highest BCUT2D eigenvalue weighted by molar-refractivity contribution is 8.01. The van der Waals surface area contributed by atoms with Crippen molar-refractivity contribution < 1.29 is 4.79 Å². The lowest BCUT2D eigenvalue weighted by Gasteiger charge is -2.39. The van der Waals surface area contributed by atoms with E-state index in [0.717, 1.165) is 35.4 Å². The molecule has 0 spiro atoms. The molecule has 150 valence electrons. The van der Waals surface area contributed by atoms with Gasteiger partial charge in [-0.1, -0.05) is 74.2 Å². The summed E-state index contributed by atoms with van der Waals surface area (Å²) in [7, 11) is 0. The minimum Gasteiger partial charge on any atom is -0.356 e. The molecular formula is C21H28N4OS2. The van der Waals surface area contributed by atoms with Crippen molar-refractivity contribution in [3.8, 4) is 0 Å². The van der Waals surface area contributed by atoms with Crippen LogP contribution < -0.4 is 5.32 Å². The van der Waals surface area contributed by atoms with Gasteiger partial charge in [-0.25, -0.2) is 0 Å². The number of aromatic nitrogens is 2. The van der Waals surface area contributed by atoms with Crippen molar-refractivity contribution in [3.05, 3.63) is 35.9 Å². The smallest absolute Gasteiger partial charge is 0.233 e. The molecule has 2 fully saturated rings. The number of hydrogen-bond acceptors (Lipinski definition) is 6. The van der Waals surface area contributed by atoms with E-state index in [1.807, 2.05) is 18.2 Å². The number of rotatable bonds is 6. The first-order chi connectivity index (χ1) is 13.3. The lowest BCUT2D eigenvalue weighted by Crippen LogP contribution is -2.38. The van der Waals surface area contributed by atoms with E-state index < -0.39 is 0 Å². The molecular weight excluding hydrogens is 388 g/mol. The molecule has 2 aromatic rings. The molecule has 2 heterocycles. The van der Waals surface area contributed by atoms with Gasteiger partial charge in [0.05, 0.1) is 5.75 Å². The summed E-state index contributed by atoms with van der Waals surface area (Å²) >= 11 is 3.02. The highest BCUT2D eigenvalue weighted by atomic mass is 32.2. The van der Waals surface area contributed by atoms with Crippen molar-refractivity contribution in [2.75, 3.05) is 17.6 Å². The van der Waals surface area contributed by atoms with Crippen LogP contribution in [0, 0.1) is 10.8 Å². The summed E-state index contributed by atoms with van der Waals surface area (Å²) in [4.78, 5) is 15.0. The van der Waals surface area contributed by atoms with E-state index in [9.17, 15) is 4.79 Å². The number of nitrogens with one attached hydrogen (secondary N) is 1. The van der Waals surface area contributed by atoms with Crippen LogP contribution in [0.4, 0.5) is 5.13 Å². The van der Waals surface area contributed by atoms with Gasteiger partial charge in [-0.2, -0.15) is 0 Å². The summed E-state index contributed by atoms with van der Waals surface area (Å²) in [5.41, 5.74) is 1.82. The monoisotopic (exact) mass is 416 g/mol. The molecule has 1 aliphatic heterocycles. The second kappa shape index (κ2) is 7.67. The molecule has 5 nitrogen and oxygen atoms in total. The van der Waals surface area contributed by atoms with E-state index >= 15 is 0 Å². The van der Waals surface area contributed by atoms with E-state index in [2.05, 4.69) is 53.3 Å². The van der Waals surface area contributed by atoms with Gasteiger partial charge in [0.1, 0.15) is 0 Å². The molecule has 1 N–H and O–H groups in total. The minimum absolute atomic E-state index is 0.241. The van der Waals surface area contributed by atoms with Crippen LogP contribution in [0.2, 0.25) is 0 Å². The summed E-state index contributed by atoms with van der Waals surface area (Å²) in [6.45, 7) is 8.65. The van der Waals surface area contributed by atoms with Crippen LogP contribution in [0.3, 0.4) is 0 Å². The summed E-state index contributed by atoms with van der Waals surface area (Å²) < 4.78 is 0.845. The number of likely N-dealkylation sites (tertiary alicyclic amines) is 1. The normalized spacial score (nSPS) is 25.7. The maximum Gasteiger partial charge on any atom is 0.233 e. The molecule has 1 aliphatic carbocycles. The van der Waals surface area contributed by atoms with Crippen LogP contribution in [-0.2, 0) is 11.3 Å². The Morgan fingerprint density at radius 3 is 2.82 bits per heavy atom. The molecule has 1 saturated carbocycles. The Balaban J connectivity index is 1.29. The molecule has 0 radical (unpaired) electrons. The second-order valence-corrected chi connectivity index (χ2v) is 11.4. The molecule has 2 atom stereocenters. The standard InChI is InChI=1S/C21H28N4OS2/c1-20(2)9-16-10-21(3,13-20)14-25(16)17(26)12-27-19-24-23-18(28-19)22-11-15-7-5-4-6-8-15/h4-8,16H,9-14H2,1-3H3,(H,22,23)/t16-,21-/m0/s1. The van der Waals surface area contributed by atoms with Crippen molar-refractivity contribution in [1.29, 1.82) is 0 Å². The Kier molecular flexibility index (Phi) is 5.40. The summed E-state index contributed by atoms with van der Waals surface area (Å²) in [6, 6.07) is 10.6. The number of thioether (sulfide) groups is 1. The minimum atomic E-state index is 0.241. The predicted octanol–water partition coefficient (Wildman–Crippen LogP) is 4.67. The first kappa shape index (κ1) is 19.7. The van der Waals surface area contributed by atoms with E-state index in [-0.39, 0.29) is 11.3 Å². The molecule has 1 saturated heterocycles. The Morgan fingerprint density at radius 1 is 1.25 bits per heavy atom. The summed E-state index contributed by atoms with van der Waals surface area (Å²) in [5.74, 6) is 0.686. The SMILES string of the molecule is CC1(C)C[C@H]2C[C@](C)(CN2C(=O)CSc2nnc(NCc3ccccc3)s2)C1. The lowest BCUT2D eigenvalue weighted by atomic mass is 9.65. The lowest BCUT2D eigenvalue weighted by molar-refractivity contribution is -0.129. The number of carbonyl (C=O) groups excluding carboxylic acids is 1. The summed E-state index contributed by atoms with van der Waals surface area (Å²) in [6.07, 6.45) is 3.48. The number of carbonyl (C=O) groups is 1. The summed E-state index contributed by atoms with van der Waals surface area (Å²) in [5, 5.41) is 12.5. The van der Waals surface area contributed by atoms with Gasteiger partial charge in [-0.05, 0) is 35.7 Å². The quantitative estimate of drug-likeness (QED) is 0.694. The molecule has 1 aromatic heterocycles. The third-order valence-corrected chi connectivity index (χ3v) is 7.75. The first-order valence-corrected chi connectivity index (χ1v) is 11.7. The Morgan fingerprint density at radius 2 is 2.04 bits per heavy atom. The molecule has 1 amide bonds. The van der Waals surface area contributed by atoms with Gasteiger partial charge in [0.15, 0.2) is 4.34 Å². The highest BCUT2D eigenvalue weighted by Gasteiger charge is 2.50. The largest absolute Gasteiger partial charge is 0.356 e. The fourth-order valence-electron chi connectivity index (χ4n) is 5.07. The average molecular weight is 417 g/mol. The van der Waals surface area contributed by atoms with Gasteiger partial charge in [-0.3, -0.25) is 4.79 Å². The molecule has 4 rings (SSSR count). The number of benzene rings is 1. The van der Waals surface area contributed by atoms with E-state index in [0.29, 0.717) is 17.2 Å². The van der Waals surface area contributed by atoms with Gasteiger partial charge in [0.25, 0.3) is 0 Å². The van der Waals surface area contributed by atoms with Crippen LogP contribution in [0.15, 0.2) is 34.7 Å². The molecule has 2 aliphatic rings. The maximum absolute atomic E-state index is 12.9. The number of anilines is 1. The molecule has 1 aromatic carbocycles. The van der Waals surface area contributed by atoms with Gasteiger partial charge in [0, 0.05) is 19.1 Å². The molecule has 0 unspecified atom stereocenters. The van der Waals surface area contributed by atoms with Crippen LogP contribution >= 0.6 is 23.1 Å². The Hall–Kier alpha value is -1.60. The van der Waals surface area contributed by atoms with Crippen molar-refractivity contribution >= 4 is 34.1 Å². The Bertz CT molecular complexity index is 838. The van der Waals surface area contributed by atoms with E-state index in [1.54, 1.807) is 0 Å². The average Bonchev–Trinajstić information content (AvgIpc) is 3.19. The third-order valence-electron chi connectivity index (χ3n) is 5.75. The highest BCUT2D eigenvalue weighted by Crippen LogP contribution is 2.52. The third kappa shape index (κ3) is 4.51. The molecule has 2 bridgehead atoms. The molecule has 28 heavy (non-hydrogen) atoms. The first-order valence-electron chi connectivity index (χ1n) is 9.86. The zero-order valence-corrected chi connectivity index (χ0v) is 18.4. The number of fused-ring (bicyclic) bond motifs is 2. The fraction of sp³-hybridized carbons (Fsp3) is 0.571. The van der Waals surface area contributed by atoms with Crippen LogP contribution in [-0.4, -0.2) is 39.3 Å². The van der Waals surface area contributed by atoms with Gasteiger partial charge < -0.3 is 10.2 Å². The van der Waals surface area contributed by atoms with Crippen molar-refractivity contribution in [2.24, 2.45) is 10.8 Å². The van der Waals surface area contributed by atoms with E-state index in [4.69, 9.17) is 0 Å². The van der Waals surface area contributed by atoms with Crippen LogP contribution in [0.1, 0.15) is 45.6 Å². The Labute approximate surface area is 175 Å². The van der Waals surface area contributed by atoms with E-state index in [1.165, 1.54) is 35.1 Å². The topological polar surface area (TPSA) is 58.1 Å². The van der Waals surface area contributed by atoms with Crippen molar-refractivity contribution in [3.63, 3.8) is 0 Å². The van der Waals surface area contributed by atoms with Gasteiger partial charge in [0.2, 0.25) is 11.0 Å². The predicted molar refractivity (Wildman–Crippen MR) is 116 cm³/mol. The maximum atomic E-state index is 12.9. The number of hydrogen-bond donors (Lipinski definition) is 1. The fourth-order valence-corrected chi connectivity index (χ4v) is 6.70. The zero-order valence-electron chi connectivity index (χ0n) is 16.8. The second-order valence-electron chi connectivity index (χ2n) is 9.24. The number of amides is 1. The van der Waals surface area contributed by atoms with Gasteiger partial charge >= 0.3 is 0 Å². The molecule has 7 heteroatoms. The number of nitrogens with zero attached hydrogens (tertiary/aromatic N) is 3. The van der Waals surface area contributed by atoms with Crippen LogP contribution in [0.25, 0.3) is 0 Å². The van der Waals surface area contributed by atoms with Gasteiger partial charge in [-0.15, -0.1) is 10.2 Å².